The Morgan fingerprint density at radius 2 is 1.82 bits per heavy atom. The maximum absolute atomic E-state index is 13.2. The molecule has 0 aliphatic heterocycles. The van der Waals surface area contributed by atoms with Gasteiger partial charge in [-0.2, -0.15) is 18.4 Å². The quantitative estimate of drug-likeness (QED) is 0.328. The first-order valence-corrected chi connectivity index (χ1v) is 11.7. The van der Waals surface area contributed by atoms with E-state index in [-0.39, 0.29) is 11.8 Å². The minimum atomic E-state index is -4.58. The summed E-state index contributed by atoms with van der Waals surface area (Å²) in [6.07, 6.45) is -3.15. The molecular formula is C28H27F4N3O3. The van der Waals surface area contributed by atoms with Gasteiger partial charge in [-0.05, 0) is 68.7 Å². The molecule has 0 unspecified atom stereocenters. The second-order valence-electron chi connectivity index (χ2n) is 9.20. The Balaban J connectivity index is 1.81. The molecule has 10 heteroatoms. The number of amides is 1. The topological polar surface area (TPSA) is 84.2 Å². The molecule has 0 bridgehead atoms. The number of rotatable bonds is 10. The summed E-state index contributed by atoms with van der Waals surface area (Å²) in [5.74, 6) is -0.802. The van der Waals surface area contributed by atoms with Crippen molar-refractivity contribution in [3.63, 3.8) is 0 Å². The number of hydrogen-bond donors (Lipinski definition) is 1. The summed E-state index contributed by atoms with van der Waals surface area (Å²) in [6, 6.07) is 17.0. The predicted octanol–water partition coefficient (Wildman–Crippen LogP) is 5.97. The number of hydrogen-bond acceptors (Lipinski definition) is 5. The number of halogens is 4. The molecule has 3 aromatic rings. The zero-order valence-electron chi connectivity index (χ0n) is 21.1. The van der Waals surface area contributed by atoms with E-state index >= 15 is 0 Å². The molecule has 0 fully saturated rings. The maximum Gasteiger partial charge on any atom is 0.416 e. The van der Waals surface area contributed by atoms with Crippen LogP contribution in [0.4, 0.5) is 17.6 Å². The minimum Gasteiger partial charge on any atom is -0.463 e. The lowest BCUT2D eigenvalue weighted by Crippen LogP contribution is -2.51. The van der Waals surface area contributed by atoms with Crippen LogP contribution in [0.5, 0.6) is 11.6 Å². The van der Waals surface area contributed by atoms with Crippen LogP contribution in [0, 0.1) is 11.3 Å². The van der Waals surface area contributed by atoms with Crippen molar-refractivity contribution in [1.82, 2.24) is 10.3 Å². The largest absolute Gasteiger partial charge is 0.463 e. The molecule has 1 heterocycles. The van der Waals surface area contributed by atoms with Crippen LogP contribution in [0.1, 0.15) is 48.9 Å². The van der Waals surface area contributed by atoms with Crippen LogP contribution < -0.4 is 14.8 Å². The smallest absolute Gasteiger partial charge is 0.416 e. The lowest BCUT2D eigenvalue weighted by Gasteiger charge is -2.31. The van der Waals surface area contributed by atoms with Gasteiger partial charge in [-0.15, -0.1) is 0 Å². The molecule has 0 aliphatic rings. The Bertz CT molecular complexity index is 1290. The fourth-order valence-corrected chi connectivity index (χ4v) is 3.89. The van der Waals surface area contributed by atoms with Crippen LogP contribution in [0.3, 0.4) is 0 Å². The van der Waals surface area contributed by atoms with E-state index in [4.69, 9.17) is 9.47 Å². The first kappa shape index (κ1) is 28.4. The molecule has 0 saturated heterocycles. The molecule has 0 saturated carbocycles. The van der Waals surface area contributed by atoms with Crippen molar-refractivity contribution in [2.75, 3.05) is 6.86 Å². The average molecular weight is 529 g/mol. The zero-order chi connectivity index (χ0) is 27.9. The molecular weight excluding hydrogens is 501 g/mol. The van der Waals surface area contributed by atoms with Gasteiger partial charge >= 0.3 is 6.18 Å². The van der Waals surface area contributed by atoms with E-state index in [9.17, 15) is 27.6 Å². The van der Waals surface area contributed by atoms with Crippen LogP contribution in [-0.4, -0.2) is 29.4 Å². The summed E-state index contributed by atoms with van der Waals surface area (Å²) in [6.45, 7) is 3.72. The average Bonchev–Trinajstić information content (AvgIpc) is 2.87. The van der Waals surface area contributed by atoms with Gasteiger partial charge in [0.05, 0.1) is 17.2 Å². The number of aromatic nitrogens is 1. The number of nitrogens with zero attached hydrogens (tertiary/aromatic N) is 2. The van der Waals surface area contributed by atoms with Crippen molar-refractivity contribution in [1.29, 1.82) is 5.26 Å². The predicted molar refractivity (Wildman–Crippen MR) is 132 cm³/mol. The van der Waals surface area contributed by atoms with Crippen molar-refractivity contribution in [3.8, 4) is 17.7 Å². The summed E-state index contributed by atoms with van der Waals surface area (Å²) < 4.78 is 62.1. The fraction of sp³-hybridized carbons (Fsp3) is 0.321. The molecule has 0 aliphatic carbocycles. The fourth-order valence-electron chi connectivity index (χ4n) is 3.89. The maximum atomic E-state index is 13.2. The highest BCUT2D eigenvalue weighted by atomic mass is 19.4. The summed E-state index contributed by atoms with van der Waals surface area (Å²) in [5, 5.41) is 12.3. The second-order valence-corrected chi connectivity index (χ2v) is 9.20. The highest BCUT2D eigenvalue weighted by Gasteiger charge is 2.35. The number of nitriles is 1. The number of alkyl halides is 4. The Kier molecular flexibility index (Phi) is 8.94. The van der Waals surface area contributed by atoms with Crippen LogP contribution in [-0.2, 0) is 17.4 Å². The normalized spacial score (nSPS) is 13.2. The third-order valence-corrected chi connectivity index (χ3v) is 5.98. The summed E-state index contributed by atoms with van der Waals surface area (Å²) in [7, 11) is 0. The van der Waals surface area contributed by atoms with E-state index in [1.165, 1.54) is 13.8 Å². The third-order valence-electron chi connectivity index (χ3n) is 5.98. The van der Waals surface area contributed by atoms with Gasteiger partial charge in [0.25, 0.3) is 5.91 Å². The number of benzene rings is 2. The standard InChI is InChI=1S/C28H27F4N3O3/c1-18(35-26(36)27(2,3)38-25-15-22(11-12-34-25)28(30,31)32)24(21-6-4-5-20(13-21)16-33)14-19-7-9-23(10-8-19)37-17-29/h4-13,15,18,24H,14,17H2,1-3H3,(H,35,36)/t18-,24+/m0/s1/i29-1. The van der Waals surface area contributed by atoms with Gasteiger partial charge < -0.3 is 14.8 Å². The van der Waals surface area contributed by atoms with Crippen LogP contribution in [0.15, 0.2) is 66.9 Å². The highest BCUT2D eigenvalue weighted by molar-refractivity contribution is 5.85. The Morgan fingerprint density at radius 3 is 2.45 bits per heavy atom. The van der Waals surface area contributed by atoms with E-state index in [0.29, 0.717) is 17.7 Å². The van der Waals surface area contributed by atoms with Crippen molar-refractivity contribution >= 4 is 5.91 Å². The third kappa shape index (κ3) is 7.44. The molecule has 0 spiro atoms. The van der Waals surface area contributed by atoms with E-state index in [1.54, 1.807) is 49.4 Å². The van der Waals surface area contributed by atoms with Crippen LogP contribution in [0.25, 0.3) is 0 Å². The summed E-state index contributed by atoms with van der Waals surface area (Å²) >= 11 is 0. The van der Waals surface area contributed by atoms with Gasteiger partial charge in [-0.1, -0.05) is 24.3 Å². The highest BCUT2D eigenvalue weighted by Crippen LogP contribution is 2.32. The van der Waals surface area contributed by atoms with Gasteiger partial charge in [0.2, 0.25) is 12.7 Å². The molecule has 2 aromatic carbocycles. The first-order valence-electron chi connectivity index (χ1n) is 11.7. The molecule has 200 valence electrons. The van der Waals surface area contributed by atoms with Gasteiger partial charge in [0.1, 0.15) is 5.75 Å². The number of carbonyl (C=O) groups is 1. The van der Waals surface area contributed by atoms with Crippen molar-refractivity contribution in [3.05, 3.63) is 89.1 Å². The van der Waals surface area contributed by atoms with Crippen LogP contribution >= 0.6 is 0 Å². The number of nitrogens with one attached hydrogen (secondary N) is 1. The Labute approximate surface area is 218 Å². The lowest BCUT2D eigenvalue weighted by molar-refractivity contribution is -0.138. The molecule has 3 rings (SSSR count). The van der Waals surface area contributed by atoms with Gasteiger partial charge in [0, 0.05) is 24.2 Å². The van der Waals surface area contributed by atoms with E-state index in [0.717, 1.165) is 29.5 Å². The SMILES string of the molecule is C[C@H](NC(=O)C(C)(C)Oc1cc(C(F)(F)F)ccn1)[C@@H](Cc1ccc(OC[18F])cc1)c1cccc(C#N)c1. The monoisotopic (exact) mass is 528 g/mol. The van der Waals surface area contributed by atoms with E-state index in [1.807, 2.05) is 6.07 Å². The molecule has 6 nitrogen and oxygen atoms in total. The number of carbonyl (C=O) groups excluding carboxylic acids is 1. The van der Waals surface area contributed by atoms with Crippen molar-refractivity contribution < 1.29 is 31.8 Å². The summed E-state index contributed by atoms with van der Waals surface area (Å²) in [5.41, 5.74) is -0.340. The van der Waals surface area contributed by atoms with Crippen molar-refractivity contribution in [2.45, 2.75) is 50.9 Å². The van der Waals surface area contributed by atoms with E-state index in [2.05, 4.69) is 16.4 Å². The lowest BCUT2D eigenvalue weighted by atomic mass is 9.85. The Morgan fingerprint density at radius 1 is 1.11 bits per heavy atom. The van der Waals surface area contributed by atoms with Crippen LogP contribution in [0.2, 0.25) is 0 Å². The molecule has 1 aromatic heterocycles. The van der Waals surface area contributed by atoms with E-state index < -0.39 is 36.2 Å². The molecule has 1 N–H and O–H groups in total. The first-order chi connectivity index (χ1) is 17.9. The number of ether oxygens (including phenoxy) is 2. The number of pyridine rings is 1. The zero-order valence-corrected chi connectivity index (χ0v) is 21.1. The molecule has 1 amide bonds. The minimum absolute atomic E-state index is 0.289. The second kappa shape index (κ2) is 11.9. The molecule has 0 radical (unpaired) electrons. The Hall–Kier alpha value is -4.13. The van der Waals surface area contributed by atoms with Gasteiger partial charge in [-0.3, -0.25) is 4.79 Å². The van der Waals surface area contributed by atoms with Gasteiger partial charge in [-0.25, -0.2) is 9.37 Å². The summed E-state index contributed by atoms with van der Waals surface area (Å²) in [4.78, 5) is 17.0. The van der Waals surface area contributed by atoms with Gasteiger partial charge in [0.15, 0.2) is 5.60 Å². The van der Waals surface area contributed by atoms with Crippen molar-refractivity contribution in [2.24, 2.45) is 0 Å². The molecule has 38 heavy (non-hydrogen) atoms. The molecule has 2 atom stereocenters.